The number of hydrogen-bond acceptors (Lipinski definition) is 5. The molecule has 0 aromatic heterocycles. The number of carbonyl (C=O) groups excluding carboxylic acids is 2. The van der Waals surface area contributed by atoms with E-state index in [9.17, 15) is 9.59 Å². The zero-order valence-electron chi connectivity index (χ0n) is 14.8. The average molecular weight is 350 g/mol. The number of carbonyl (C=O) groups is 2. The highest BCUT2D eigenvalue weighted by Crippen LogP contribution is 2.31. The van der Waals surface area contributed by atoms with E-state index in [1.54, 1.807) is 23.1 Å². The van der Waals surface area contributed by atoms with Gasteiger partial charge in [-0.25, -0.2) is 0 Å². The van der Waals surface area contributed by atoms with Crippen molar-refractivity contribution in [1.29, 1.82) is 0 Å². The Hall–Kier alpha value is -2.28. The summed E-state index contributed by atoms with van der Waals surface area (Å²) in [6.07, 6.45) is 1.79. The molecule has 1 saturated heterocycles. The van der Waals surface area contributed by atoms with E-state index in [-0.39, 0.29) is 24.3 Å². The summed E-state index contributed by atoms with van der Waals surface area (Å²) in [5.41, 5.74) is 0.415. The van der Waals surface area contributed by atoms with Gasteiger partial charge in [0.2, 0.25) is 5.91 Å². The molecule has 138 valence electrons. The Morgan fingerprint density at radius 2 is 1.80 bits per heavy atom. The Morgan fingerprint density at radius 3 is 2.32 bits per heavy atom. The van der Waals surface area contributed by atoms with Crippen molar-refractivity contribution in [3.8, 4) is 11.5 Å². The number of benzene rings is 1. The summed E-state index contributed by atoms with van der Waals surface area (Å²) < 4.78 is 10.6. The molecule has 1 aromatic carbocycles. The van der Waals surface area contributed by atoms with Gasteiger partial charge in [-0.1, -0.05) is 6.07 Å². The van der Waals surface area contributed by atoms with Gasteiger partial charge in [-0.3, -0.25) is 9.59 Å². The second kappa shape index (κ2) is 9.27. The Bertz CT molecular complexity index is 575. The van der Waals surface area contributed by atoms with Crippen molar-refractivity contribution in [3.63, 3.8) is 0 Å². The van der Waals surface area contributed by atoms with E-state index < -0.39 is 0 Å². The number of piperidine rings is 1. The van der Waals surface area contributed by atoms with E-state index in [1.807, 2.05) is 0 Å². The number of ether oxygens (including phenoxy) is 2. The lowest BCUT2D eigenvalue weighted by molar-refractivity contribution is -0.126. The van der Waals surface area contributed by atoms with E-state index in [4.69, 9.17) is 14.6 Å². The van der Waals surface area contributed by atoms with Crippen LogP contribution in [0.1, 0.15) is 29.6 Å². The second-order valence-electron chi connectivity index (χ2n) is 5.97. The molecule has 0 bridgehead atoms. The first-order valence-electron chi connectivity index (χ1n) is 8.51. The number of nitrogens with one attached hydrogen (secondary N) is 1. The molecular formula is C18H26N2O5. The molecule has 25 heavy (non-hydrogen) atoms. The first kappa shape index (κ1) is 19.1. The molecule has 2 N–H and O–H groups in total. The lowest BCUT2D eigenvalue weighted by Gasteiger charge is -2.32. The van der Waals surface area contributed by atoms with Crippen LogP contribution in [0.4, 0.5) is 0 Å². The normalized spacial score (nSPS) is 14.9. The van der Waals surface area contributed by atoms with Gasteiger partial charge in [0, 0.05) is 32.2 Å². The predicted octanol–water partition coefficient (Wildman–Crippen LogP) is 1.05. The predicted molar refractivity (Wildman–Crippen MR) is 92.9 cm³/mol. The Labute approximate surface area is 147 Å². The maximum absolute atomic E-state index is 12.9. The van der Waals surface area contributed by atoms with Gasteiger partial charge < -0.3 is 24.8 Å². The van der Waals surface area contributed by atoms with Crippen LogP contribution in [0.3, 0.4) is 0 Å². The van der Waals surface area contributed by atoms with Gasteiger partial charge in [0.05, 0.1) is 14.2 Å². The standard InChI is InChI=1S/C18H26N2O5/c1-24-14-5-3-6-15(25-2)16(14)18(23)20-10-7-13(8-11-20)17(22)19-9-4-12-21/h3,5-6,13,21H,4,7-12H2,1-2H3,(H,19,22). The number of amides is 2. The van der Waals surface area contributed by atoms with Gasteiger partial charge in [-0.2, -0.15) is 0 Å². The lowest BCUT2D eigenvalue weighted by Crippen LogP contribution is -2.43. The maximum Gasteiger partial charge on any atom is 0.261 e. The topological polar surface area (TPSA) is 88.1 Å². The molecule has 2 rings (SSSR count). The van der Waals surface area contributed by atoms with E-state index in [0.29, 0.717) is 56.0 Å². The molecule has 0 radical (unpaired) electrons. The van der Waals surface area contributed by atoms with Crippen molar-refractivity contribution in [2.75, 3.05) is 40.5 Å². The number of aliphatic hydroxyl groups excluding tert-OH is 1. The van der Waals surface area contributed by atoms with Crippen LogP contribution >= 0.6 is 0 Å². The largest absolute Gasteiger partial charge is 0.496 e. The van der Waals surface area contributed by atoms with Crippen LogP contribution in [-0.2, 0) is 4.79 Å². The number of hydrogen-bond donors (Lipinski definition) is 2. The highest BCUT2D eigenvalue weighted by molar-refractivity contribution is 5.99. The molecule has 0 unspecified atom stereocenters. The quantitative estimate of drug-likeness (QED) is 0.718. The third-order valence-electron chi connectivity index (χ3n) is 4.43. The van der Waals surface area contributed by atoms with Crippen molar-refractivity contribution in [2.45, 2.75) is 19.3 Å². The minimum absolute atomic E-state index is 0.00424. The fourth-order valence-electron chi connectivity index (χ4n) is 3.00. The first-order valence-corrected chi connectivity index (χ1v) is 8.51. The fraction of sp³-hybridized carbons (Fsp3) is 0.556. The summed E-state index contributed by atoms with van der Waals surface area (Å²) >= 11 is 0. The molecule has 1 heterocycles. The van der Waals surface area contributed by atoms with Crippen LogP contribution in [0, 0.1) is 5.92 Å². The molecule has 1 aromatic rings. The van der Waals surface area contributed by atoms with Gasteiger partial charge >= 0.3 is 0 Å². The molecule has 1 aliphatic heterocycles. The van der Waals surface area contributed by atoms with Crippen molar-refractivity contribution in [2.24, 2.45) is 5.92 Å². The highest BCUT2D eigenvalue weighted by atomic mass is 16.5. The van der Waals surface area contributed by atoms with Crippen molar-refractivity contribution in [1.82, 2.24) is 10.2 Å². The van der Waals surface area contributed by atoms with Crippen molar-refractivity contribution in [3.05, 3.63) is 23.8 Å². The molecule has 0 aliphatic carbocycles. The summed E-state index contributed by atoms with van der Waals surface area (Å²) in [4.78, 5) is 26.7. The Kier molecular flexibility index (Phi) is 7.06. The fourth-order valence-corrected chi connectivity index (χ4v) is 3.00. The van der Waals surface area contributed by atoms with Crippen LogP contribution in [0.2, 0.25) is 0 Å². The highest BCUT2D eigenvalue weighted by Gasteiger charge is 2.30. The van der Waals surface area contributed by atoms with Crippen LogP contribution in [0.15, 0.2) is 18.2 Å². The van der Waals surface area contributed by atoms with Gasteiger partial charge in [0.25, 0.3) is 5.91 Å². The van der Waals surface area contributed by atoms with E-state index >= 15 is 0 Å². The molecule has 1 aliphatic rings. The number of nitrogens with zero attached hydrogens (tertiary/aromatic N) is 1. The summed E-state index contributed by atoms with van der Waals surface area (Å²) in [7, 11) is 3.04. The van der Waals surface area contributed by atoms with Crippen LogP contribution in [0.25, 0.3) is 0 Å². The third kappa shape index (κ3) is 4.63. The minimum Gasteiger partial charge on any atom is -0.496 e. The molecule has 7 heteroatoms. The minimum atomic E-state index is -0.145. The van der Waals surface area contributed by atoms with E-state index in [0.717, 1.165) is 0 Å². The van der Waals surface area contributed by atoms with Crippen LogP contribution < -0.4 is 14.8 Å². The maximum atomic E-state index is 12.9. The Morgan fingerprint density at radius 1 is 1.20 bits per heavy atom. The van der Waals surface area contributed by atoms with Crippen molar-refractivity contribution >= 4 is 11.8 Å². The summed E-state index contributed by atoms with van der Waals surface area (Å²) in [5, 5.41) is 11.6. The van der Waals surface area contributed by atoms with Gasteiger partial charge in [0.15, 0.2) is 0 Å². The Balaban J connectivity index is 1.99. The monoisotopic (exact) mass is 350 g/mol. The average Bonchev–Trinajstić information content (AvgIpc) is 2.66. The number of methoxy groups -OCH3 is 2. The van der Waals surface area contributed by atoms with Gasteiger partial charge in [-0.05, 0) is 31.4 Å². The zero-order valence-corrected chi connectivity index (χ0v) is 14.8. The molecule has 0 saturated carbocycles. The first-order chi connectivity index (χ1) is 12.1. The second-order valence-corrected chi connectivity index (χ2v) is 5.97. The van der Waals surface area contributed by atoms with Gasteiger partial charge in [-0.15, -0.1) is 0 Å². The summed E-state index contributed by atoms with van der Waals surface area (Å²) in [6.45, 7) is 1.57. The summed E-state index contributed by atoms with van der Waals surface area (Å²) in [6, 6.07) is 5.24. The molecule has 1 fully saturated rings. The molecule has 2 amide bonds. The number of rotatable bonds is 7. The molecular weight excluding hydrogens is 324 g/mol. The number of likely N-dealkylation sites (tertiary alicyclic amines) is 1. The van der Waals surface area contributed by atoms with Crippen LogP contribution in [-0.4, -0.2) is 62.3 Å². The summed E-state index contributed by atoms with van der Waals surface area (Å²) in [5.74, 6) is 0.715. The van der Waals surface area contributed by atoms with Crippen LogP contribution in [0.5, 0.6) is 11.5 Å². The third-order valence-corrected chi connectivity index (χ3v) is 4.43. The number of aliphatic hydroxyl groups is 1. The lowest BCUT2D eigenvalue weighted by atomic mass is 9.95. The zero-order chi connectivity index (χ0) is 18.2. The molecule has 0 atom stereocenters. The SMILES string of the molecule is COc1cccc(OC)c1C(=O)N1CCC(C(=O)NCCCO)CC1. The van der Waals surface area contributed by atoms with E-state index in [2.05, 4.69) is 5.32 Å². The molecule has 7 nitrogen and oxygen atoms in total. The molecule has 0 spiro atoms. The smallest absolute Gasteiger partial charge is 0.261 e. The van der Waals surface area contributed by atoms with Crippen molar-refractivity contribution < 1.29 is 24.2 Å². The van der Waals surface area contributed by atoms with Gasteiger partial charge in [0.1, 0.15) is 17.1 Å². The van der Waals surface area contributed by atoms with E-state index in [1.165, 1.54) is 14.2 Å².